The molecule has 0 aliphatic carbocycles. The summed E-state index contributed by atoms with van der Waals surface area (Å²) in [4.78, 5) is 10.7. The van der Waals surface area contributed by atoms with E-state index in [1.165, 1.54) is 12.1 Å². The Morgan fingerprint density at radius 3 is 2.37 bits per heavy atom. The van der Waals surface area contributed by atoms with E-state index in [1.807, 2.05) is 0 Å². The maximum Gasteiger partial charge on any atom is 0.240 e. The first-order valence-corrected chi connectivity index (χ1v) is 7.56. The van der Waals surface area contributed by atoms with Gasteiger partial charge in [-0.15, -0.1) is 0 Å². The minimum absolute atomic E-state index is 0.00744. The van der Waals surface area contributed by atoms with Crippen LogP contribution in [0.5, 0.6) is 0 Å². The number of rotatable bonds is 8. The van der Waals surface area contributed by atoms with Crippen molar-refractivity contribution < 1.29 is 13.2 Å². The highest BCUT2D eigenvalue weighted by Gasteiger charge is 2.13. The summed E-state index contributed by atoms with van der Waals surface area (Å²) < 4.78 is 26.0. The third-order valence-corrected chi connectivity index (χ3v) is 3.88. The van der Waals surface area contributed by atoms with Crippen molar-refractivity contribution >= 4 is 21.6 Å². The van der Waals surface area contributed by atoms with E-state index < -0.39 is 15.9 Å². The Hall–Kier alpha value is -1.60. The van der Waals surface area contributed by atoms with Gasteiger partial charge in [-0.1, -0.05) is 6.92 Å². The van der Waals surface area contributed by atoms with E-state index >= 15 is 0 Å². The molecule has 1 rings (SSSR count). The van der Waals surface area contributed by atoms with Gasteiger partial charge in [0.05, 0.1) is 4.90 Å². The summed E-state index contributed by atoms with van der Waals surface area (Å²) in [6.07, 6.45) is 0.976. The van der Waals surface area contributed by atoms with Crippen LogP contribution in [0.2, 0.25) is 0 Å². The molecule has 19 heavy (non-hydrogen) atoms. The van der Waals surface area contributed by atoms with Crippen LogP contribution in [0.1, 0.15) is 19.8 Å². The Kier molecular flexibility index (Phi) is 5.78. The van der Waals surface area contributed by atoms with Crippen LogP contribution in [0.25, 0.3) is 0 Å². The van der Waals surface area contributed by atoms with Gasteiger partial charge in [0.25, 0.3) is 0 Å². The Bertz CT molecular complexity index is 512. The second-order valence-electron chi connectivity index (χ2n) is 4.07. The summed E-state index contributed by atoms with van der Waals surface area (Å²) in [5, 5.41) is 3.15. The number of carbonyl (C=O) groups excluding carboxylic acids is 1. The molecule has 7 heteroatoms. The van der Waals surface area contributed by atoms with E-state index in [2.05, 4.69) is 17.0 Å². The summed E-state index contributed by atoms with van der Waals surface area (Å²) in [6, 6.07) is 6.45. The van der Waals surface area contributed by atoms with Crippen LogP contribution in [-0.2, 0) is 14.8 Å². The molecular weight excluding hydrogens is 266 g/mol. The van der Waals surface area contributed by atoms with Crippen LogP contribution in [0.3, 0.4) is 0 Å². The van der Waals surface area contributed by atoms with Gasteiger partial charge in [0.2, 0.25) is 15.9 Å². The number of nitrogens with one attached hydrogen (secondary N) is 2. The smallest absolute Gasteiger partial charge is 0.240 e. The molecule has 4 N–H and O–H groups in total. The molecule has 0 heterocycles. The number of hydrogen-bond donors (Lipinski definition) is 3. The minimum Gasteiger partial charge on any atom is -0.385 e. The summed E-state index contributed by atoms with van der Waals surface area (Å²) >= 11 is 0. The first kappa shape index (κ1) is 15.5. The number of carbonyl (C=O) groups is 1. The maximum atomic E-state index is 11.9. The number of primary amides is 1. The second kappa shape index (κ2) is 7.10. The molecule has 1 amide bonds. The Morgan fingerprint density at radius 1 is 1.21 bits per heavy atom. The zero-order valence-corrected chi connectivity index (χ0v) is 11.7. The molecule has 0 spiro atoms. The van der Waals surface area contributed by atoms with Crippen molar-refractivity contribution in [3.8, 4) is 0 Å². The van der Waals surface area contributed by atoms with Crippen LogP contribution in [0.15, 0.2) is 29.2 Å². The van der Waals surface area contributed by atoms with E-state index in [-0.39, 0.29) is 17.9 Å². The molecule has 0 bridgehead atoms. The van der Waals surface area contributed by atoms with Crippen molar-refractivity contribution in [3.05, 3.63) is 24.3 Å². The van der Waals surface area contributed by atoms with Crippen molar-refractivity contribution in [1.29, 1.82) is 0 Å². The Morgan fingerprint density at radius 2 is 1.84 bits per heavy atom. The SMILES string of the molecule is CCCNc1ccc(S(=O)(=O)NCCC(N)=O)cc1. The van der Waals surface area contributed by atoms with Crippen LogP contribution in [-0.4, -0.2) is 27.4 Å². The fraction of sp³-hybridized carbons (Fsp3) is 0.417. The molecule has 0 aliphatic rings. The molecule has 1 aromatic carbocycles. The molecule has 0 saturated carbocycles. The van der Waals surface area contributed by atoms with Crippen LogP contribution < -0.4 is 15.8 Å². The highest BCUT2D eigenvalue weighted by Crippen LogP contribution is 2.13. The topological polar surface area (TPSA) is 101 Å². The van der Waals surface area contributed by atoms with Gasteiger partial charge in [-0.05, 0) is 30.7 Å². The fourth-order valence-electron chi connectivity index (χ4n) is 1.41. The van der Waals surface area contributed by atoms with Crippen molar-refractivity contribution in [3.63, 3.8) is 0 Å². The lowest BCUT2D eigenvalue weighted by Gasteiger charge is -2.08. The van der Waals surface area contributed by atoms with Gasteiger partial charge in [-0.25, -0.2) is 13.1 Å². The van der Waals surface area contributed by atoms with Crippen molar-refractivity contribution in [2.24, 2.45) is 5.73 Å². The average molecular weight is 285 g/mol. The molecule has 0 radical (unpaired) electrons. The zero-order chi connectivity index (χ0) is 14.3. The molecular formula is C12H19N3O3S. The van der Waals surface area contributed by atoms with Gasteiger partial charge in [-0.2, -0.15) is 0 Å². The zero-order valence-electron chi connectivity index (χ0n) is 10.8. The second-order valence-corrected chi connectivity index (χ2v) is 5.83. The number of sulfonamides is 1. The van der Waals surface area contributed by atoms with Crippen molar-refractivity contribution in [2.45, 2.75) is 24.7 Å². The first-order chi connectivity index (χ1) is 8.95. The van der Waals surface area contributed by atoms with E-state index in [1.54, 1.807) is 12.1 Å². The number of hydrogen-bond acceptors (Lipinski definition) is 4. The predicted octanol–water partition coefficient (Wildman–Crippen LogP) is 0.662. The Labute approximate surface area is 113 Å². The van der Waals surface area contributed by atoms with E-state index in [4.69, 9.17) is 5.73 Å². The maximum absolute atomic E-state index is 11.9. The van der Waals surface area contributed by atoms with Crippen LogP contribution >= 0.6 is 0 Å². The molecule has 0 saturated heterocycles. The van der Waals surface area contributed by atoms with Gasteiger partial charge in [0.1, 0.15) is 0 Å². The third-order valence-electron chi connectivity index (χ3n) is 2.41. The number of benzene rings is 1. The van der Waals surface area contributed by atoms with Gasteiger partial charge in [0, 0.05) is 25.2 Å². The van der Waals surface area contributed by atoms with Gasteiger partial charge in [0.15, 0.2) is 0 Å². The normalized spacial score (nSPS) is 11.2. The fourth-order valence-corrected chi connectivity index (χ4v) is 2.45. The summed E-state index contributed by atoms with van der Waals surface area (Å²) in [5.41, 5.74) is 5.82. The lowest BCUT2D eigenvalue weighted by atomic mass is 10.3. The largest absolute Gasteiger partial charge is 0.385 e. The lowest BCUT2D eigenvalue weighted by molar-refractivity contribution is -0.117. The third kappa shape index (κ3) is 5.27. The summed E-state index contributed by atoms with van der Waals surface area (Å²) in [5.74, 6) is -0.540. The number of anilines is 1. The average Bonchev–Trinajstić information content (AvgIpc) is 2.36. The summed E-state index contributed by atoms with van der Waals surface area (Å²) in [7, 11) is -3.58. The minimum atomic E-state index is -3.58. The van der Waals surface area contributed by atoms with Gasteiger partial charge in [-0.3, -0.25) is 4.79 Å². The van der Waals surface area contributed by atoms with Crippen LogP contribution in [0.4, 0.5) is 5.69 Å². The molecule has 6 nitrogen and oxygen atoms in total. The Balaban J connectivity index is 2.65. The van der Waals surface area contributed by atoms with Gasteiger partial charge >= 0.3 is 0 Å². The highest BCUT2D eigenvalue weighted by molar-refractivity contribution is 7.89. The lowest BCUT2D eigenvalue weighted by Crippen LogP contribution is -2.28. The molecule has 106 valence electrons. The standard InChI is InChI=1S/C12H19N3O3S/c1-2-8-14-10-3-5-11(6-4-10)19(17,18)15-9-7-12(13)16/h3-6,14-15H,2,7-9H2,1H3,(H2,13,16). The quantitative estimate of drug-likeness (QED) is 0.653. The predicted molar refractivity (Wildman–Crippen MR) is 74.2 cm³/mol. The summed E-state index contributed by atoms with van der Waals surface area (Å²) in [6.45, 7) is 2.89. The van der Waals surface area contributed by atoms with Crippen LogP contribution in [0, 0.1) is 0 Å². The molecule has 0 fully saturated rings. The van der Waals surface area contributed by atoms with Crippen molar-refractivity contribution in [2.75, 3.05) is 18.4 Å². The monoisotopic (exact) mass is 285 g/mol. The highest BCUT2D eigenvalue weighted by atomic mass is 32.2. The molecule has 0 aromatic heterocycles. The van der Waals surface area contributed by atoms with E-state index in [0.29, 0.717) is 0 Å². The molecule has 0 aliphatic heterocycles. The number of nitrogens with two attached hydrogens (primary N) is 1. The first-order valence-electron chi connectivity index (χ1n) is 6.07. The molecule has 0 unspecified atom stereocenters. The van der Waals surface area contributed by atoms with E-state index in [0.717, 1.165) is 18.7 Å². The van der Waals surface area contributed by atoms with Gasteiger partial charge < -0.3 is 11.1 Å². The molecule has 0 atom stereocenters. The number of amides is 1. The van der Waals surface area contributed by atoms with E-state index in [9.17, 15) is 13.2 Å². The molecule has 1 aromatic rings. The van der Waals surface area contributed by atoms with Crippen molar-refractivity contribution in [1.82, 2.24) is 4.72 Å².